The molecule has 4 rings (SSSR count). The van der Waals surface area contributed by atoms with E-state index in [1.165, 1.54) is 24.0 Å². The van der Waals surface area contributed by atoms with Gasteiger partial charge in [0.15, 0.2) is 12.1 Å². The van der Waals surface area contributed by atoms with Crippen molar-refractivity contribution in [3.63, 3.8) is 0 Å². The van der Waals surface area contributed by atoms with Crippen LogP contribution in [-0.4, -0.2) is 59.2 Å². The van der Waals surface area contributed by atoms with Crippen molar-refractivity contribution in [2.24, 2.45) is 0 Å². The maximum atomic E-state index is 14.2. The van der Waals surface area contributed by atoms with E-state index in [2.05, 4.69) is 5.32 Å². The average Bonchev–Trinajstić information content (AvgIpc) is 3.58. The van der Waals surface area contributed by atoms with Crippen LogP contribution in [0.5, 0.6) is 5.75 Å². The van der Waals surface area contributed by atoms with Gasteiger partial charge in [0.1, 0.15) is 24.2 Å². The highest BCUT2D eigenvalue weighted by Crippen LogP contribution is 2.48. The molecule has 2 aromatic carbocycles. The van der Waals surface area contributed by atoms with E-state index in [-0.39, 0.29) is 60.8 Å². The minimum Gasteiger partial charge on any atom is -0.481 e. The number of ketones is 1. The fraction of sp³-hybridized carbons (Fsp3) is 0.414. The third-order valence-electron chi connectivity index (χ3n) is 6.94. The summed E-state index contributed by atoms with van der Waals surface area (Å²) < 4.78 is 44.9. The molecule has 1 aliphatic rings. The summed E-state index contributed by atoms with van der Waals surface area (Å²) in [4.78, 5) is 40.4. The number of rotatable bonds is 13. The van der Waals surface area contributed by atoms with Gasteiger partial charge in [-0.25, -0.2) is 4.39 Å². The molecular weight excluding hydrogens is 588 g/mol. The highest BCUT2D eigenvalue weighted by Gasteiger charge is 2.34. The predicted octanol–water partition coefficient (Wildman–Crippen LogP) is 5.55. The van der Waals surface area contributed by atoms with Gasteiger partial charge < -0.3 is 28.6 Å². The molecule has 0 aliphatic carbocycles. The molecule has 1 saturated heterocycles. The summed E-state index contributed by atoms with van der Waals surface area (Å²) in [5, 5.41) is 3.25. The van der Waals surface area contributed by atoms with Gasteiger partial charge >= 0.3 is 7.60 Å². The SMILES string of the molecule is CCOP(=O)(COc1ccc2c(c1)c(C(C)=O)cn2CC(=O)N1CCC[C@H]1C(=O)NCc1cccc(Cl)c1F)OCC. The second kappa shape index (κ2) is 13.8. The van der Waals surface area contributed by atoms with Gasteiger partial charge in [0, 0.05) is 41.3 Å². The summed E-state index contributed by atoms with van der Waals surface area (Å²) in [5.41, 5.74) is 1.26. The number of halogens is 2. The number of nitrogens with one attached hydrogen (secondary N) is 1. The van der Waals surface area contributed by atoms with E-state index < -0.39 is 19.5 Å². The topological polar surface area (TPSA) is 116 Å². The normalized spacial score (nSPS) is 15.3. The Balaban J connectivity index is 1.48. The van der Waals surface area contributed by atoms with Crippen LogP contribution in [0, 0.1) is 5.82 Å². The van der Waals surface area contributed by atoms with E-state index in [0.717, 1.165) is 0 Å². The zero-order valence-corrected chi connectivity index (χ0v) is 25.4. The number of likely N-dealkylation sites (tertiary alicyclic amines) is 1. The molecule has 1 N–H and O–H groups in total. The number of carbonyl (C=O) groups is 3. The predicted molar refractivity (Wildman–Crippen MR) is 156 cm³/mol. The van der Waals surface area contributed by atoms with Crippen LogP contribution >= 0.6 is 19.2 Å². The summed E-state index contributed by atoms with van der Waals surface area (Å²) in [7, 11) is -3.45. The lowest BCUT2D eigenvalue weighted by Crippen LogP contribution is -2.46. The van der Waals surface area contributed by atoms with E-state index in [9.17, 15) is 23.3 Å². The van der Waals surface area contributed by atoms with E-state index >= 15 is 0 Å². The van der Waals surface area contributed by atoms with E-state index in [0.29, 0.717) is 41.6 Å². The molecule has 2 amide bonds. The molecule has 0 radical (unpaired) electrons. The third kappa shape index (κ3) is 7.21. The van der Waals surface area contributed by atoms with Crippen LogP contribution in [-0.2, 0) is 36.3 Å². The molecule has 10 nitrogen and oxygen atoms in total. The van der Waals surface area contributed by atoms with Gasteiger partial charge in [0.05, 0.1) is 18.2 Å². The van der Waals surface area contributed by atoms with Gasteiger partial charge in [-0.15, -0.1) is 0 Å². The number of amides is 2. The molecule has 13 heteroatoms. The molecular formula is C29H34ClFN3O7P. The largest absolute Gasteiger partial charge is 0.481 e. The Hall–Kier alpha value is -3.24. The lowest BCUT2D eigenvalue weighted by Gasteiger charge is -2.24. The van der Waals surface area contributed by atoms with Gasteiger partial charge in [-0.05, 0) is 57.9 Å². The number of Topliss-reactive ketones (excluding diaryl/α,β-unsaturated/α-hetero) is 1. The van der Waals surface area contributed by atoms with E-state index in [1.54, 1.807) is 48.9 Å². The Kier molecular flexibility index (Phi) is 10.4. The van der Waals surface area contributed by atoms with Crippen LogP contribution in [0.3, 0.4) is 0 Å². The maximum Gasteiger partial charge on any atom is 0.367 e. The molecule has 2 heterocycles. The first kappa shape index (κ1) is 31.7. The van der Waals surface area contributed by atoms with Crippen LogP contribution in [0.2, 0.25) is 5.02 Å². The molecule has 42 heavy (non-hydrogen) atoms. The third-order valence-corrected chi connectivity index (χ3v) is 8.98. The van der Waals surface area contributed by atoms with Crippen molar-refractivity contribution >= 4 is 47.7 Å². The first-order valence-corrected chi connectivity index (χ1v) is 15.8. The average molecular weight is 622 g/mol. The quantitative estimate of drug-likeness (QED) is 0.197. The molecule has 0 saturated carbocycles. The molecule has 0 unspecified atom stereocenters. The van der Waals surface area contributed by atoms with Gasteiger partial charge in [0.2, 0.25) is 11.8 Å². The zero-order chi connectivity index (χ0) is 30.4. The number of nitrogens with zero attached hydrogens (tertiary/aromatic N) is 2. The maximum absolute atomic E-state index is 14.2. The Bertz CT molecular complexity index is 1520. The Labute approximate surface area is 248 Å². The molecule has 1 fully saturated rings. The monoisotopic (exact) mass is 621 g/mol. The highest BCUT2D eigenvalue weighted by molar-refractivity contribution is 7.53. The fourth-order valence-corrected chi connectivity index (χ4v) is 6.51. The number of benzene rings is 2. The lowest BCUT2D eigenvalue weighted by molar-refractivity contribution is -0.138. The summed E-state index contributed by atoms with van der Waals surface area (Å²) in [6, 6.07) is 8.89. The zero-order valence-electron chi connectivity index (χ0n) is 23.7. The standard InChI is InChI=1S/C29H34ClFN3O7P/c1-4-40-42(38,41-5-2)18-39-21-11-12-25-22(14-21)23(19(3)35)16-33(25)17-27(36)34-13-7-10-26(34)29(37)32-15-20-8-6-9-24(30)28(20)31/h6,8-9,11-12,14,16,26H,4-5,7,10,13,15,17-18H2,1-3H3,(H,32,37)/t26-/m0/s1. The molecule has 1 aromatic heterocycles. The molecule has 1 aliphatic heterocycles. The molecule has 1 atom stereocenters. The number of hydrogen-bond donors (Lipinski definition) is 1. The first-order valence-electron chi connectivity index (χ1n) is 13.7. The number of ether oxygens (including phenoxy) is 1. The Morgan fingerprint density at radius 2 is 1.88 bits per heavy atom. The number of hydrogen-bond acceptors (Lipinski definition) is 7. The molecule has 0 spiro atoms. The van der Waals surface area contributed by atoms with Crippen molar-refractivity contribution in [2.45, 2.75) is 52.7 Å². The van der Waals surface area contributed by atoms with Gasteiger partial charge in [-0.3, -0.25) is 18.9 Å². The minimum atomic E-state index is -3.45. The number of fused-ring (bicyclic) bond motifs is 1. The Morgan fingerprint density at radius 1 is 1.14 bits per heavy atom. The van der Waals surface area contributed by atoms with Crippen molar-refractivity contribution < 1.29 is 37.1 Å². The van der Waals surface area contributed by atoms with Crippen molar-refractivity contribution in [3.8, 4) is 5.75 Å². The summed E-state index contributed by atoms with van der Waals surface area (Å²) in [6.45, 7) is 5.49. The van der Waals surface area contributed by atoms with E-state index in [1.807, 2.05) is 0 Å². The second-order valence-corrected chi connectivity index (χ2v) is 12.2. The lowest BCUT2D eigenvalue weighted by atomic mass is 10.1. The number of carbonyl (C=O) groups excluding carboxylic acids is 3. The highest BCUT2D eigenvalue weighted by atomic mass is 35.5. The second-order valence-electron chi connectivity index (χ2n) is 9.80. The van der Waals surface area contributed by atoms with Crippen LogP contribution in [0.25, 0.3) is 10.9 Å². The molecule has 3 aromatic rings. The van der Waals surface area contributed by atoms with Gasteiger partial charge in [-0.1, -0.05) is 23.7 Å². The van der Waals surface area contributed by atoms with Crippen LogP contribution in [0.4, 0.5) is 4.39 Å². The van der Waals surface area contributed by atoms with Crippen molar-refractivity contribution in [2.75, 3.05) is 26.1 Å². The van der Waals surface area contributed by atoms with Crippen molar-refractivity contribution in [1.29, 1.82) is 0 Å². The minimum absolute atomic E-state index is 0.0296. The van der Waals surface area contributed by atoms with Crippen LogP contribution < -0.4 is 10.1 Å². The first-order chi connectivity index (χ1) is 20.1. The van der Waals surface area contributed by atoms with Crippen LogP contribution in [0.15, 0.2) is 42.6 Å². The molecule has 226 valence electrons. The smallest absolute Gasteiger partial charge is 0.367 e. The summed E-state index contributed by atoms with van der Waals surface area (Å²) in [6.07, 6.45) is 2.44. The van der Waals surface area contributed by atoms with E-state index in [4.69, 9.17) is 25.4 Å². The molecule has 0 bridgehead atoms. The summed E-state index contributed by atoms with van der Waals surface area (Å²) >= 11 is 5.83. The van der Waals surface area contributed by atoms with Crippen molar-refractivity contribution in [1.82, 2.24) is 14.8 Å². The van der Waals surface area contributed by atoms with Crippen molar-refractivity contribution in [3.05, 3.63) is 64.6 Å². The number of aromatic nitrogens is 1. The van der Waals surface area contributed by atoms with Crippen LogP contribution in [0.1, 0.15) is 49.5 Å². The Morgan fingerprint density at radius 3 is 2.57 bits per heavy atom. The fourth-order valence-electron chi connectivity index (χ4n) is 5.00. The van der Waals surface area contributed by atoms with Gasteiger partial charge in [0.25, 0.3) is 0 Å². The van der Waals surface area contributed by atoms with Gasteiger partial charge in [-0.2, -0.15) is 0 Å². The summed E-state index contributed by atoms with van der Waals surface area (Å²) in [5.74, 6) is -1.10.